The fourth-order valence-electron chi connectivity index (χ4n) is 4.93. The van der Waals surface area contributed by atoms with Gasteiger partial charge in [-0.2, -0.15) is 13.2 Å². The van der Waals surface area contributed by atoms with E-state index in [0.717, 1.165) is 18.2 Å². The summed E-state index contributed by atoms with van der Waals surface area (Å²) < 4.78 is 78.9. The maximum atomic E-state index is 14.1. The standard InChI is InChI=1S/C28H25ClF4N4O4S/c29-21-5-2-6-22(30)20(21)15-42(40,41)16-25-26(38)35-24-13-17(7-8-23(24)34-25)27(39)37-11-9-36(10-12-37)19-4-1-3-18(14-19)28(31,32)33/h1-8,13-14,25,34H,9-12,15-16H2,(H,35,38). The maximum Gasteiger partial charge on any atom is 0.416 e. The number of nitrogens with one attached hydrogen (secondary N) is 2. The molecule has 0 radical (unpaired) electrons. The number of amides is 2. The second-order valence-electron chi connectivity index (χ2n) is 10.0. The molecule has 2 heterocycles. The van der Waals surface area contributed by atoms with E-state index in [1.54, 1.807) is 21.9 Å². The zero-order chi connectivity index (χ0) is 30.2. The number of fused-ring (bicyclic) bond motifs is 1. The highest BCUT2D eigenvalue weighted by molar-refractivity contribution is 7.90. The molecule has 2 N–H and O–H groups in total. The van der Waals surface area contributed by atoms with Gasteiger partial charge in [0.2, 0.25) is 5.91 Å². The van der Waals surface area contributed by atoms with Gasteiger partial charge in [-0.25, -0.2) is 12.8 Å². The van der Waals surface area contributed by atoms with Gasteiger partial charge in [-0.05, 0) is 48.5 Å². The Balaban J connectivity index is 1.22. The number of hydrogen-bond donors (Lipinski definition) is 2. The van der Waals surface area contributed by atoms with Crippen molar-refractivity contribution in [2.75, 3.05) is 47.5 Å². The highest BCUT2D eigenvalue weighted by atomic mass is 35.5. The second-order valence-corrected chi connectivity index (χ2v) is 12.5. The number of halogens is 5. The molecule has 222 valence electrons. The van der Waals surface area contributed by atoms with Crippen LogP contribution >= 0.6 is 11.6 Å². The zero-order valence-electron chi connectivity index (χ0n) is 21.9. The minimum Gasteiger partial charge on any atom is -0.371 e. The summed E-state index contributed by atoms with van der Waals surface area (Å²) in [6, 6.07) is 12.3. The highest BCUT2D eigenvalue weighted by Crippen LogP contribution is 2.33. The molecule has 1 fully saturated rings. The minimum atomic E-state index is -4.45. The molecular weight excluding hydrogens is 600 g/mol. The van der Waals surface area contributed by atoms with E-state index in [9.17, 15) is 35.6 Å². The molecule has 0 saturated carbocycles. The molecule has 2 aliphatic heterocycles. The number of sulfone groups is 1. The lowest BCUT2D eigenvalue weighted by Crippen LogP contribution is -2.49. The first kappa shape index (κ1) is 29.6. The molecule has 3 aromatic carbocycles. The van der Waals surface area contributed by atoms with E-state index >= 15 is 0 Å². The number of piperazine rings is 1. The second kappa shape index (κ2) is 11.4. The van der Waals surface area contributed by atoms with Crippen LogP contribution in [0.5, 0.6) is 0 Å². The van der Waals surface area contributed by atoms with Crippen molar-refractivity contribution >= 4 is 50.3 Å². The van der Waals surface area contributed by atoms with Gasteiger partial charge in [-0.15, -0.1) is 0 Å². The number of hydrogen-bond acceptors (Lipinski definition) is 6. The average molecular weight is 625 g/mol. The summed E-state index contributed by atoms with van der Waals surface area (Å²) in [5.41, 5.74) is 0.493. The Morgan fingerprint density at radius 3 is 2.38 bits per heavy atom. The topological polar surface area (TPSA) is 98.8 Å². The lowest BCUT2D eigenvalue weighted by molar-refractivity contribution is -0.137. The molecular formula is C28H25ClF4N4O4S. The SMILES string of the molecule is O=C1Nc2cc(C(=O)N3CCN(c4cccc(C(F)(F)F)c4)CC3)ccc2NC1CS(=O)(=O)Cc1c(F)cccc1Cl. The molecule has 0 aromatic heterocycles. The van der Waals surface area contributed by atoms with Crippen LogP contribution in [0.1, 0.15) is 21.5 Å². The monoisotopic (exact) mass is 624 g/mol. The molecule has 1 saturated heterocycles. The van der Waals surface area contributed by atoms with Gasteiger partial charge in [0.15, 0.2) is 9.84 Å². The van der Waals surface area contributed by atoms with Crippen molar-refractivity contribution in [3.8, 4) is 0 Å². The molecule has 0 aliphatic carbocycles. The Morgan fingerprint density at radius 1 is 0.976 bits per heavy atom. The van der Waals surface area contributed by atoms with E-state index in [2.05, 4.69) is 10.6 Å². The van der Waals surface area contributed by atoms with Crippen LogP contribution in [0.4, 0.5) is 34.6 Å². The summed E-state index contributed by atoms with van der Waals surface area (Å²) in [7, 11) is -3.95. The van der Waals surface area contributed by atoms with Crippen molar-refractivity contribution in [2.24, 2.45) is 0 Å². The van der Waals surface area contributed by atoms with Crippen molar-refractivity contribution in [2.45, 2.75) is 18.0 Å². The smallest absolute Gasteiger partial charge is 0.371 e. The molecule has 42 heavy (non-hydrogen) atoms. The number of carbonyl (C=O) groups excluding carboxylic acids is 2. The third kappa shape index (κ3) is 6.46. The summed E-state index contributed by atoms with van der Waals surface area (Å²) in [5.74, 6) is -3.00. The fourth-order valence-corrected chi connectivity index (χ4v) is 6.83. The molecule has 1 atom stereocenters. The van der Waals surface area contributed by atoms with Gasteiger partial charge in [0, 0.05) is 48.0 Å². The average Bonchev–Trinajstić information content (AvgIpc) is 2.94. The van der Waals surface area contributed by atoms with Crippen molar-refractivity contribution in [3.05, 3.63) is 88.2 Å². The van der Waals surface area contributed by atoms with E-state index in [4.69, 9.17) is 11.6 Å². The zero-order valence-corrected chi connectivity index (χ0v) is 23.5. The van der Waals surface area contributed by atoms with E-state index < -0.39 is 50.8 Å². The predicted octanol–water partition coefficient (Wildman–Crippen LogP) is 4.81. The van der Waals surface area contributed by atoms with Gasteiger partial charge < -0.3 is 20.4 Å². The molecule has 8 nitrogen and oxygen atoms in total. The van der Waals surface area contributed by atoms with Gasteiger partial charge in [0.1, 0.15) is 11.9 Å². The molecule has 3 aromatic rings. The number of carbonyl (C=O) groups is 2. The highest BCUT2D eigenvalue weighted by Gasteiger charge is 2.33. The normalized spacial score (nSPS) is 17.4. The first-order chi connectivity index (χ1) is 19.8. The summed E-state index contributed by atoms with van der Waals surface area (Å²) in [4.78, 5) is 29.3. The van der Waals surface area contributed by atoms with Crippen LogP contribution in [-0.2, 0) is 26.6 Å². The minimum absolute atomic E-state index is 0.0285. The Bertz CT molecular complexity index is 1620. The van der Waals surface area contributed by atoms with Gasteiger partial charge in [0.25, 0.3) is 5.91 Å². The van der Waals surface area contributed by atoms with Gasteiger partial charge in [0.05, 0.1) is 28.4 Å². The Labute approximate surface area is 244 Å². The van der Waals surface area contributed by atoms with Crippen LogP contribution in [0, 0.1) is 5.82 Å². The fraction of sp³-hybridized carbons (Fsp3) is 0.286. The van der Waals surface area contributed by atoms with Gasteiger partial charge >= 0.3 is 6.18 Å². The van der Waals surface area contributed by atoms with Crippen LogP contribution < -0.4 is 15.5 Å². The molecule has 0 bridgehead atoms. The first-order valence-electron chi connectivity index (χ1n) is 12.9. The Hall–Kier alpha value is -3.84. The van der Waals surface area contributed by atoms with Gasteiger partial charge in [-0.1, -0.05) is 23.7 Å². The molecule has 0 spiro atoms. The summed E-state index contributed by atoms with van der Waals surface area (Å²) in [6.07, 6.45) is -4.45. The van der Waals surface area contributed by atoms with Crippen molar-refractivity contribution in [1.82, 2.24) is 4.90 Å². The van der Waals surface area contributed by atoms with Crippen LogP contribution in [0.3, 0.4) is 0 Å². The lowest BCUT2D eigenvalue weighted by Gasteiger charge is -2.36. The number of nitrogens with zero attached hydrogens (tertiary/aromatic N) is 2. The summed E-state index contributed by atoms with van der Waals surface area (Å²) >= 11 is 5.96. The van der Waals surface area contributed by atoms with Crippen LogP contribution in [-0.4, -0.2) is 63.1 Å². The quantitative estimate of drug-likeness (QED) is 0.382. The number of benzene rings is 3. The number of anilines is 3. The van der Waals surface area contributed by atoms with Crippen molar-refractivity contribution in [1.29, 1.82) is 0 Å². The Morgan fingerprint density at radius 2 is 1.69 bits per heavy atom. The third-order valence-corrected chi connectivity index (χ3v) is 9.05. The van der Waals surface area contributed by atoms with Crippen molar-refractivity contribution < 1.29 is 35.6 Å². The first-order valence-corrected chi connectivity index (χ1v) is 15.1. The van der Waals surface area contributed by atoms with Gasteiger partial charge in [-0.3, -0.25) is 9.59 Å². The number of alkyl halides is 3. The van der Waals surface area contributed by atoms with Crippen LogP contribution in [0.2, 0.25) is 5.02 Å². The maximum absolute atomic E-state index is 14.1. The van der Waals surface area contributed by atoms with E-state index in [-0.39, 0.29) is 35.1 Å². The molecule has 2 amide bonds. The predicted molar refractivity (Wildman–Crippen MR) is 151 cm³/mol. The van der Waals surface area contributed by atoms with E-state index in [0.29, 0.717) is 30.2 Å². The summed E-state index contributed by atoms with van der Waals surface area (Å²) in [6.45, 7) is 1.24. The number of rotatable bonds is 6. The van der Waals surface area contributed by atoms with E-state index in [1.165, 1.54) is 30.3 Å². The lowest BCUT2D eigenvalue weighted by atomic mass is 10.1. The third-order valence-electron chi connectivity index (χ3n) is 7.12. The molecule has 14 heteroatoms. The Kier molecular flexibility index (Phi) is 8.08. The summed E-state index contributed by atoms with van der Waals surface area (Å²) in [5, 5.41) is 5.47. The molecule has 2 aliphatic rings. The van der Waals surface area contributed by atoms with Crippen molar-refractivity contribution in [3.63, 3.8) is 0 Å². The molecule has 1 unspecified atom stereocenters. The van der Waals surface area contributed by atoms with E-state index in [1.807, 2.05) is 0 Å². The largest absolute Gasteiger partial charge is 0.416 e. The van der Waals surface area contributed by atoms with Crippen LogP contribution in [0.15, 0.2) is 60.7 Å². The van der Waals surface area contributed by atoms with Crippen LogP contribution in [0.25, 0.3) is 0 Å². The molecule has 5 rings (SSSR count).